The monoisotopic (exact) mass is 354 g/mol. The third-order valence-corrected chi connectivity index (χ3v) is 4.82. The molecule has 0 aliphatic carbocycles. The largest absolute Gasteiger partial charge is 0.370 e. The molecule has 2 aromatic rings. The van der Waals surface area contributed by atoms with Crippen LogP contribution in [0.1, 0.15) is 18.4 Å². The molecule has 7 heteroatoms. The van der Waals surface area contributed by atoms with E-state index in [0.717, 1.165) is 37.4 Å². The van der Waals surface area contributed by atoms with Crippen LogP contribution < -0.4 is 14.7 Å². The third-order valence-electron chi connectivity index (χ3n) is 4.82. The topological polar surface area (TPSA) is 59.3 Å². The van der Waals surface area contributed by atoms with Crippen molar-refractivity contribution >= 4 is 17.5 Å². The van der Waals surface area contributed by atoms with Crippen molar-refractivity contribution in [3.63, 3.8) is 0 Å². The SMILES string of the molecule is CN(C)c1nccc(N(C)C2CCN(c3ccc(F)cc3C#N)CC2)n1. The van der Waals surface area contributed by atoms with E-state index < -0.39 is 0 Å². The first-order valence-electron chi connectivity index (χ1n) is 8.67. The minimum Gasteiger partial charge on any atom is -0.370 e. The highest BCUT2D eigenvalue weighted by Gasteiger charge is 2.25. The first-order chi connectivity index (χ1) is 12.5. The Morgan fingerprint density at radius 1 is 1.19 bits per heavy atom. The summed E-state index contributed by atoms with van der Waals surface area (Å²) >= 11 is 0. The second kappa shape index (κ2) is 7.56. The molecular weight excluding hydrogens is 331 g/mol. The van der Waals surface area contributed by atoms with Crippen molar-refractivity contribution in [1.82, 2.24) is 9.97 Å². The molecule has 1 saturated heterocycles. The van der Waals surface area contributed by atoms with Crippen LogP contribution in [0, 0.1) is 17.1 Å². The highest BCUT2D eigenvalue weighted by atomic mass is 19.1. The second-order valence-electron chi connectivity index (χ2n) is 6.71. The number of rotatable bonds is 4. The van der Waals surface area contributed by atoms with Crippen molar-refractivity contribution in [3.8, 4) is 6.07 Å². The fourth-order valence-corrected chi connectivity index (χ4v) is 3.31. The summed E-state index contributed by atoms with van der Waals surface area (Å²) in [5.74, 6) is 1.22. The number of anilines is 3. The van der Waals surface area contributed by atoms with Gasteiger partial charge < -0.3 is 14.7 Å². The average Bonchev–Trinajstić information content (AvgIpc) is 2.67. The quantitative estimate of drug-likeness (QED) is 0.841. The summed E-state index contributed by atoms with van der Waals surface area (Å²) in [5.41, 5.74) is 1.20. The molecule has 1 fully saturated rings. The lowest BCUT2D eigenvalue weighted by molar-refractivity contribution is 0.479. The van der Waals surface area contributed by atoms with Gasteiger partial charge in [0.1, 0.15) is 17.7 Å². The van der Waals surface area contributed by atoms with Gasteiger partial charge in [-0.05, 0) is 37.1 Å². The van der Waals surface area contributed by atoms with E-state index >= 15 is 0 Å². The highest BCUT2D eigenvalue weighted by molar-refractivity contribution is 5.59. The fraction of sp³-hybridized carbons (Fsp3) is 0.421. The minimum atomic E-state index is -0.375. The van der Waals surface area contributed by atoms with Crippen molar-refractivity contribution < 1.29 is 4.39 Å². The number of piperidine rings is 1. The van der Waals surface area contributed by atoms with E-state index in [4.69, 9.17) is 0 Å². The van der Waals surface area contributed by atoms with Gasteiger partial charge in [0, 0.05) is 46.5 Å². The van der Waals surface area contributed by atoms with Crippen LogP contribution in [0.5, 0.6) is 0 Å². The van der Waals surface area contributed by atoms with Gasteiger partial charge in [-0.25, -0.2) is 9.37 Å². The van der Waals surface area contributed by atoms with Crippen LogP contribution in [0.4, 0.5) is 21.8 Å². The van der Waals surface area contributed by atoms with E-state index in [1.165, 1.54) is 12.1 Å². The van der Waals surface area contributed by atoms with E-state index in [1.54, 1.807) is 12.3 Å². The molecule has 1 aliphatic rings. The van der Waals surface area contributed by atoms with Gasteiger partial charge in [0.15, 0.2) is 0 Å². The Hall–Kier alpha value is -2.88. The second-order valence-corrected chi connectivity index (χ2v) is 6.71. The Labute approximate surface area is 153 Å². The number of nitriles is 1. The summed E-state index contributed by atoms with van der Waals surface area (Å²) in [6.45, 7) is 1.64. The molecule has 0 amide bonds. The lowest BCUT2D eigenvalue weighted by Gasteiger charge is -2.38. The first kappa shape index (κ1) is 17.9. The van der Waals surface area contributed by atoms with Gasteiger partial charge in [-0.15, -0.1) is 0 Å². The predicted molar refractivity (Wildman–Crippen MR) is 101 cm³/mol. The van der Waals surface area contributed by atoms with Gasteiger partial charge in [-0.3, -0.25) is 0 Å². The van der Waals surface area contributed by atoms with E-state index in [1.807, 2.05) is 25.1 Å². The van der Waals surface area contributed by atoms with E-state index in [0.29, 0.717) is 17.6 Å². The summed E-state index contributed by atoms with van der Waals surface area (Å²) in [6.07, 6.45) is 3.67. The van der Waals surface area contributed by atoms with Crippen molar-refractivity contribution in [2.24, 2.45) is 0 Å². The smallest absolute Gasteiger partial charge is 0.226 e. The number of hydrogen-bond donors (Lipinski definition) is 0. The molecule has 26 heavy (non-hydrogen) atoms. The zero-order valence-electron chi connectivity index (χ0n) is 15.4. The first-order valence-corrected chi connectivity index (χ1v) is 8.67. The van der Waals surface area contributed by atoms with Crippen LogP contribution in [0.3, 0.4) is 0 Å². The number of benzene rings is 1. The number of aromatic nitrogens is 2. The highest BCUT2D eigenvalue weighted by Crippen LogP contribution is 2.27. The molecule has 2 heterocycles. The summed E-state index contributed by atoms with van der Waals surface area (Å²) in [4.78, 5) is 15.1. The van der Waals surface area contributed by atoms with E-state index in [9.17, 15) is 9.65 Å². The number of hydrogen-bond acceptors (Lipinski definition) is 6. The number of halogens is 1. The maximum absolute atomic E-state index is 13.4. The molecule has 136 valence electrons. The Bertz CT molecular complexity index is 808. The molecule has 0 atom stereocenters. The van der Waals surface area contributed by atoms with E-state index in [-0.39, 0.29) is 5.82 Å². The molecule has 6 nitrogen and oxygen atoms in total. The zero-order valence-corrected chi connectivity index (χ0v) is 15.4. The lowest BCUT2D eigenvalue weighted by Crippen LogP contribution is -2.44. The summed E-state index contributed by atoms with van der Waals surface area (Å²) in [7, 11) is 5.90. The third kappa shape index (κ3) is 3.69. The van der Waals surface area contributed by atoms with Gasteiger partial charge >= 0.3 is 0 Å². The molecule has 0 N–H and O–H groups in total. The fourth-order valence-electron chi connectivity index (χ4n) is 3.31. The summed E-state index contributed by atoms with van der Waals surface area (Å²) in [6, 6.07) is 8.80. The molecule has 3 rings (SSSR count). The van der Waals surface area contributed by atoms with Crippen LogP contribution in [0.25, 0.3) is 0 Å². The van der Waals surface area contributed by atoms with Crippen LogP contribution in [0.15, 0.2) is 30.5 Å². The molecule has 0 radical (unpaired) electrons. The summed E-state index contributed by atoms with van der Waals surface area (Å²) < 4.78 is 13.4. The molecule has 0 saturated carbocycles. The Morgan fingerprint density at radius 2 is 1.92 bits per heavy atom. The molecule has 1 aromatic heterocycles. The van der Waals surface area contributed by atoms with Gasteiger partial charge in [-0.1, -0.05) is 0 Å². The molecular formula is C19H23FN6. The van der Waals surface area contributed by atoms with Gasteiger partial charge in [0.05, 0.1) is 11.3 Å². The zero-order chi connectivity index (χ0) is 18.7. The van der Waals surface area contributed by atoms with E-state index in [2.05, 4.69) is 32.9 Å². The van der Waals surface area contributed by atoms with Gasteiger partial charge in [-0.2, -0.15) is 10.2 Å². The summed E-state index contributed by atoms with van der Waals surface area (Å²) in [5, 5.41) is 9.26. The van der Waals surface area contributed by atoms with Crippen LogP contribution in [-0.2, 0) is 0 Å². The Morgan fingerprint density at radius 3 is 2.58 bits per heavy atom. The van der Waals surface area contributed by atoms with Gasteiger partial charge in [0.25, 0.3) is 0 Å². The normalized spacial score (nSPS) is 14.8. The molecule has 0 unspecified atom stereocenters. The predicted octanol–water partition coefficient (Wildman–Crippen LogP) is 2.66. The van der Waals surface area contributed by atoms with Crippen LogP contribution in [0.2, 0.25) is 0 Å². The number of nitrogens with zero attached hydrogens (tertiary/aromatic N) is 6. The molecule has 1 aromatic carbocycles. The maximum Gasteiger partial charge on any atom is 0.226 e. The van der Waals surface area contributed by atoms with Crippen molar-refractivity contribution in [1.29, 1.82) is 5.26 Å². The Balaban J connectivity index is 1.69. The maximum atomic E-state index is 13.4. The van der Waals surface area contributed by atoms with Crippen LogP contribution in [-0.4, -0.2) is 50.2 Å². The van der Waals surface area contributed by atoms with Crippen molar-refractivity contribution in [3.05, 3.63) is 41.8 Å². The molecule has 1 aliphatic heterocycles. The van der Waals surface area contributed by atoms with Gasteiger partial charge in [0.2, 0.25) is 5.95 Å². The average molecular weight is 354 g/mol. The van der Waals surface area contributed by atoms with Crippen molar-refractivity contribution in [2.45, 2.75) is 18.9 Å². The standard InChI is InChI=1S/C19H23FN6/c1-24(2)19-22-9-6-18(23-19)25(3)16-7-10-26(11-8-16)17-5-4-15(20)12-14(17)13-21/h4-6,9,12,16H,7-8,10-11H2,1-3H3. The molecule has 0 bridgehead atoms. The molecule has 0 spiro atoms. The minimum absolute atomic E-state index is 0.363. The van der Waals surface area contributed by atoms with Crippen LogP contribution >= 0.6 is 0 Å². The van der Waals surface area contributed by atoms with Crippen molar-refractivity contribution in [2.75, 3.05) is 48.9 Å². The Kier molecular flexibility index (Phi) is 5.21. The lowest BCUT2D eigenvalue weighted by atomic mass is 10.0.